The maximum atomic E-state index is 12.7. The minimum absolute atomic E-state index is 0.00585. The summed E-state index contributed by atoms with van der Waals surface area (Å²) in [5.74, 6) is 2.22. The summed E-state index contributed by atoms with van der Waals surface area (Å²) < 4.78 is 0. The lowest BCUT2D eigenvalue weighted by Crippen LogP contribution is -2.37. The minimum atomic E-state index is -0.373. The Morgan fingerprint density at radius 1 is 1.00 bits per heavy atom. The number of likely N-dealkylation sites (tertiary alicyclic amines) is 1. The molecule has 3 aromatic rings. The largest absolute Gasteiger partial charge is 0.344 e. The summed E-state index contributed by atoms with van der Waals surface area (Å²) in [7, 11) is 0. The maximum absolute atomic E-state index is 12.7. The van der Waals surface area contributed by atoms with Gasteiger partial charge in [0.1, 0.15) is 5.82 Å². The van der Waals surface area contributed by atoms with Crippen molar-refractivity contribution in [2.45, 2.75) is 38.3 Å². The lowest BCUT2D eigenvalue weighted by atomic mass is 10.1. The highest BCUT2D eigenvalue weighted by molar-refractivity contribution is 6.30. The predicted octanol–water partition coefficient (Wildman–Crippen LogP) is 3.23. The number of halogens is 1. The fourth-order valence-corrected chi connectivity index (χ4v) is 5.52. The van der Waals surface area contributed by atoms with Crippen molar-refractivity contribution in [1.29, 1.82) is 0 Å². The third-order valence-electron chi connectivity index (χ3n) is 7.47. The van der Waals surface area contributed by atoms with Gasteiger partial charge in [0.15, 0.2) is 0 Å². The molecule has 2 saturated heterocycles. The topological polar surface area (TPSA) is 94.2 Å². The zero-order chi connectivity index (χ0) is 24.6. The first-order valence-electron chi connectivity index (χ1n) is 12.6. The molecule has 6 rings (SSSR count). The molecule has 3 aliphatic rings. The summed E-state index contributed by atoms with van der Waals surface area (Å²) in [6.07, 6.45) is 3.06. The third kappa shape index (κ3) is 5.15. The van der Waals surface area contributed by atoms with E-state index in [0.29, 0.717) is 23.8 Å². The Hall–Kier alpha value is -3.23. The number of carbonyl (C=O) groups is 2. The first kappa shape index (κ1) is 23.2. The average Bonchev–Trinajstić information content (AvgIpc) is 3.21. The second kappa shape index (κ2) is 9.67. The van der Waals surface area contributed by atoms with Crippen LogP contribution in [-0.4, -0.2) is 57.6 Å². The van der Waals surface area contributed by atoms with Crippen molar-refractivity contribution in [3.8, 4) is 0 Å². The molecule has 3 fully saturated rings. The van der Waals surface area contributed by atoms with Gasteiger partial charge in [-0.3, -0.25) is 19.6 Å². The van der Waals surface area contributed by atoms with Crippen LogP contribution in [0.5, 0.6) is 0 Å². The van der Waals surface area contributed by atoms with Crippen LogP contribution in [0, 0.1) is 11.8 Å². The molecule has 2 amide bonds. The number of aromatic amines is 1. The Bertz CT molecular complexity index is 1250. The number of hydrogen-bond donors (Lipinski definition) is 2. The summed E-state index contributed by atoms with van der Waals surface area (Å²) >= 11 is 5.93. The van der Waals surface area contributed by atoms with E-state index in [1.807, 2.05) is 36.4 Å². The van der Waals surface area contributed by atoms with Crippen LogP contribution in [0.1, 0.15) is 40.4 Å². The summed E-state index contributed by atoms with van der Waals surface area (Å²) in [6, 6.07) is 15.6. The first-order chi connectivity index (χ1) is 17.5. The number of fused-ring (bicyclic) bond motifs is 1. The number of amides is 2. The molecule has 9 heteroatoms. The van der Waals surface area contributed by atoms with E-state index in [1.165, 1.54) is 25.1 Å². The normalized spacial score (nSPS) is 23.2. The fraction of sp³-hybridized carbons (Fsp3) is 0.407. The highest BCUT2D eigenvalue weighted by Crippen LogP contribution is 2.45. The zero-order valence-electron chi connectivity index (χ0n) is 20.0. The summed E-state index contributed by atoms with van der Waals surface area (Å²) in [4.78, 5) is 34.0. The molecule has 8 nitrogen and oxygen atoms in total. The lowest BCUT2D eigenvalue weighted by molar-refractivity contribution is -0.117. The summed E-state index contributed by atoms with van der Waals surface area (Å²) in [5.41, 5.74) is 3.27. The smallest absolute Gasteiger partial charge is 0.291 e. The van der Waals surface area contributed by atoms with Crippen LogP contribution in [0.3, 0.4) is 0 Å². The molecule has 3 atom stereocenters. The molecule has 1 saturated carbocycles. The second-order valence-electron chi connectivity index (χ2n) is 10.2. The Morgan fingerprint density at radius 3 is 2.47 bits per heavy atom. The van der Waals surface area contributed by atoms with Gasteiger partial charge in [-0.25, -0.2) is 4.98 Å². The molecule has 3 unspecified atom stereocenters. The first-order valence-corrected chi connectivity index (χ1v) is 13.0. The van der Waals surface area contributed by atoms with Crippen LogP contribution in [0.4, 0.5) is 5.69 Å². The standard InChI is InChI=1S/C27H29ClN6O2/c28-21-6-1-17(2-7-21)5-10-24-30-26(32-31-24)27(36)29-22-12-25(35)34(16-22)23-8-3-18(4-9-23)13-33-14-19-11-20(19)15-33/h1-4,6-9,19-20,22H,5,10-16H2,(H,29,36)(H,30,31,32). The maximum Gasteiger partial charge on any atom is 0.291 e. The molecular weight excluding hydrogens is 476 g/mol. The summed E-state index contributed by atoms with van der Waals surface area (Å²) in [5, 5.41) is 10.5. The highest BCUT2D eigenvalue weighted by Gasteiger charge is 2.44. The van der Waals surface area contributed by atoms with E-state index in [-0.39, 0.29) is 30.1 Å². The summed E-state index contributed by atoms with van der Waals surface area (Å²) in [6.45, 7) is 3.84. The number of carbonyl (C=O) groups excluding carboxylic acids is 2. The van der Waals surface area contributed by atoms with Gasteiger partial charge in [-0.05, 0) is 60.1 Å². The molecule has 36 heavy (non-hydrogen) atoms. The van der Waals surface area contributed by atoms with E-state index in [2.05, 4.69) is 37.5 Å². The molecule has 2 aliphatic heterocycles. The number of piperidine rings is 1. The number of aryl methyl sites for hydroxylation is 2. The highest BCUT2D eigenvalue weighted by atomic mass is 35.5. The number of aromatic nitrogens is 3. The van der Waals surface area contributed by atoms with Crippen molar-refractivity contribution in [2.24, 2.45) is 11.8 Å². The predicted molar refractivity (Wildman–Crippen MR) is 137 cm³/mol. The number of anilines is 1. The van der Waals surface area contributed by atoms with E-state index in [4.69, 9.17) is 11.6 Å². The van der Waals surface area contributed by atoms with Crippen molar-refractivity contribution >= 4 is 29.1 Å². The van der Waals surface area contributed by atoms with E-state index < -0.39 is 0 Å². The molecule has 1 aromatic heterocycles. The minimum Gasteiger partial charge on any atom is -0.344 e. The van der Waals surface area contributed by atoms with Gasteiger partial charge in [-0.2, -0.15) is 0 Å². The lowest BCUT2D eigenvalue weighted by Gasteiger charge is -2.20. The van der Waals surface area contributed by atoms with E-state index in [0.717, 1.165) is 36.1 Å². The Morgan fingerprint density at radius 2 is 1.72 bits per heavy atom. The molecule has 0 radical (unpaired) electrons. The van der Waals surface area contributed by atoms with Crippen LogP contribution in [0.15, 0.2) is 48.5 Å². The van der Waals surface area contributed by atoms with Crippen LogP contribution >= 0.6 is 11.6 Å². The van der Waals surface area contributed by atoms with E-state index >= 15 is 0 Å². The van der Waals surface area contributed by atoms with Crippen LogP contribution < -0.4 is 10.2 Å². The van der Waals surface area contributed by atoms with E-state index in [9.17, 15) is 9.59 Å². The number of rotatable bonds is 8. The molecule has 1 aliphatic carbocycles. The van der Waals surface area contributed by atoms with Crippen LogP contribution in [0.25, 0.3) is 0 Å². The van der Waals surface area contributed by atoms with Crippen molar-refractivity contribution in [3.63, 3.8) is 0 Å². The molecule has 2 aromatic carbocycles. The van der Waals surface area contributed by atoms with Crippen LogP contribution in [-0.2, 0) is 24.2 Å². The Labute approximate surface area is 215 Å². The number of H-pyrrole nitrogens is 1. The number of hydrogen-bond acceptors (Lipinski definition) is 5. The number of nitrogens with zero attached hydrogens (tertiary/aromatic N) is 4. The van der Waals surface area contributed by atoms with Crippen molar-refractivity contribution in [2.75, 3.05) is 24.5 Å². The Kier molecular flexibility index (Phi) is 6.23. The van der Waals surface area contributed by atoms with E-state index in [1.54, 1.807) is 4.90 Å². The second-order valence-corrected chi connectivity index (χ2v) is 10.7. The van der Waals surface area contributed by atoms with Gasteiger partial charge in [0, 0.05) is 49.7 Å². The number of benzene rings is 2. The number of nitrogens with one attached hydrogen (secondary N) is 2. The third-order valence-corrected chi connectivity index (χ3v) is 7.72. The zero-order valence-corrected chi connectivity index (χ0v) is 20.7. The molecule has 0 spiro atoms. The molecular formula is C27H29ClN6O2. The fourth-order valence-electron chi connectivity index (χ4n) is 5.39. The van der Waals surface area contributed by atoms with Gasteiger partial charge in [0.25, 0.3) is 5.91 Å². The van der Waals surface area contributed by atoms with Crippen molar-refractivity contribution < 1.29 is 9.59 Å². The van der Waals surface area contributed by atoms with Gasteiger partial charge < -0.3 is 10.2 Å². The van der Waals surface area contributed by atoms with Crippen molar-refractivity contribution in [3.05, 3.63) is 76.3 Å². The average molecular weight is 505 g/mol. The molecule has 2 N–H and O–H groups in total. The van der Waals surface area contributed by atoms with Crippen molar-refractivity contribution in [1.82, 2.24) is 25.4 Å². The van der Waals surface area contributed by atoms with Gasteiger partial charge in [-0.1, -0.05) is 35.9 Å². The monoisotopic (exact) mass is 504 g/mol. The van der Waals surface area contributed by atoms with Gasteiger partial charge in [0.2, 0.25) is 11.7 Å². The molecule has 186 valence electrons. The molecule has 0 bridgehead atoms. The van der Waals surface area contributed by atoms with Gasteiger partial charge in [-0.15, -0.1) is 5.10 Å². The van der Waals surface area contributed by atoms with Crippen LogP contribution in [0.2, 0.25) is 5.02 Å². The Balaban J connectivity index is 1.00. The molecule has 3 heterocycles. The SMILES string of the molecule is O=C(NC1CC(=O)N(c2ccc(CN3CC4CC4C3)cc2)C1)c1n[nH]c(CCc2ccc(Cl)cc2)n1. The van der Waals surface area contributed by atoms with Gasteiger partial charge in [0.05, 0.1) is 6.04 Å². The quantitative estimate of drug-likeness (QED) is 0.491. The van der Waals surface area contributed by atoms with Gasteiger partial charge >= 0.3 is 0 Å².